The summed E-state index contributed by atoms with van der Waals surface area (Å²) in [6, 6.07) is 9.73. The zero-order valence-electron chi connectivity index (χ0n) is 16.2. The summed E-state index contributed by atoms with van der Waals surface area (Å²) >= 11 is 0. The first-order valence-corrected chi connectivity index (χ1v) is 9.89. The Kier molecular flexibility index (Phi) is 6.96. The number of amides is 1. The van der Waals surface area contributed by atoms with Crippen molar-refractivity contribution in [1.82, 2.24) is 4.98 Å². The Balaban J connectivity index is 0.000000204. The molecule has 0 spiro atoms. The molecule has 1 aromatic carbocycles. The maximum Gasteiger partial charge on any atom is 0.248 e. The van der Waals surface area contributed by atoms with Crippen molar-refractivity contribution in [2.75, 3.05) is 0 Å². The van der Waals surface area contributed by atoms with Gasteiger partial charge in [-0.2, -0.15) is 5.26 Å². The highest BCUT2D eigenvalue weighted by atomic mass is 19.1. The molecule has 4 rings (SSSR count). The van der Waals surface area contributed by atoms with Crippen LogP contribution in [0.4, 0.5) is 4.39 Å². The Morgan fingerprint density at radius 2 is 2.03 bits per heavy atom. The van der Waals surface area contributed by atoms with Gasteiger partial charge in [-0.05, 0) is 56.4 Å². The molecule has 5 nitrogen and oxygen atoms in total. The van der Waals surface area contributed by atoms with Gasteiger partial charge in [0, 0.05) is 23.6 Å². The van der Waals surface area contributed by atoms with E-state index in [0.29, 0.717) is 24.5 Å². The molecule has 1 heterocycles. The molecule has 1 saturated carbocycles. The average Bonchev–Trinajstić information content (AvgIpc) is 2.75. The van der Waals surface area contributed by atoms with E-state index in [1.165, 1.54) is 25.3 Å². The number of allylic oxidation sites excluding steroid dienone is 2. The molecule has 0 aliphatic heterocycles. The number of nitrogens with zero attached hydrogens (tertiary/aromatic N) is 2. The van der Waals surface area contributed by atoms with Gasteiger partial charge in [0.1, 0.15) is 17.6 Å². The van der Waals surface area contributed by atoms with E-state index in [1.807, 2.05) is 18.2 Å². The highest BCUT2D eigenvalue weighted by molar-refractivity contribution is 5.95. The third-order valence-corrected chi connectivity index (χ3v) is 5.04. The molecule has 150 valence electrons. The second-order valence-corrected chi connectivity index (χ2v) is 7.15. The lowest BCUT2D eigenvalue weighted by Gasteiger charge is -2.23. The molecule has 29 heavy (non-hydrogen) atoms. The standard InChI is InChI=1S/C16H16N2O.C7H8FNO/c17-11-12-5-4-8-14-15(9-10-18-16(12)14)19-13-6-2-1-3-7-13;8-6-3-1-2-5(4-6)7(9)10/h4-5,8-10,13H,1-3,6-7H2;2,4H,1,3H2,(H2,9,10). The van der Waals surface area contributed by atoms with E-state index in [2.05, 4.69) is 11.1 Å². The van der Waals surface area contributed by atoms with E-state index in [4.69, 9.17) is 15.7 Å². The number of halogens is 1. The maximum absolute atomic E-state index is 12.4. The van der Waals surface area contributed by atoms with Crippen molar-refractivity contribution in [2.24, 2.45) is 5.73 Å². The lowest BCUT2D eigenvalue weighted by Crippen LogP contribution is -2.19. The van der Waals surface area contributed by atoms with Crippen LogP contribution in [0.3, 0.4) is 0 Å². The fourth-order valence-electron chi connectivity index (χ4n) is 3.54. The lowest BCUT2D eigenvalue weighted by molar-refractivity contribution is -0.114. The molecule has 2 aromatic rings. The number of benzene rings is 1. The summed E-state index contributed by atoms with van der Waals surface area (Å²) < 4.78 is 18.5. The second kappa shape index (κ2) is 9.83. The minimum absolute atomic E-state index is 0.267. The van der Waals surface area contributed by atoms with E-state index < -0.39 is 5.91 Å². The van der Waals surface area contributed by atoms with Crippen LogP contribution in [0.1, 0.15) is 50.5 Å². The molecule has 1 fully saturated rings. The fourth-order valence-corrected chi connectivity index (χ4v) is 3.54. The Morgan fingerprint density at radius 3 is 2.69 bits per heavy atom. The number of rotatable bonds is 3. The molecule has 1 amide bonds. The average molecular weight is 393 g/mol. The highest BCUT2D eigenvalue weighted by Crippen LogP contribution is 2.29. The first-order valence-electron chi connectivity index (χ1n) is 9.89. The first-order chi connectivity index (χ1) is 14.1. The van der Waals surface area contributed by atoms with Gasteiger partial charge in [0.25, 0.3) is 0 Å². The summed E-state index contributed by atoms with van der Waals surface area (Å²) in [6.45, 7) is 0. The summed E-state index contributed by atoms with van der Waals surface area (Å²) in [5.74, 6) is 0.0279. The number of carbonyl (C=O) groups is 1. The second-order valence-electron chi connectivity index (χ2n) is 7.15. The van der Waals surface area contributed by atoms with Crippen LogP contribution in [0.2, 0.25) is 0 Å². The fraction of sp³-hybridized carbons (Fsp3) is 0.348. The van der Waals surface area contributed by atoms with Crippen molar-refractivity contribution in [2.45, 2.75) is 51.0 Å². The topological polar surface area (TPSA) is 89.0 Å². The number of nitrogens with two attached hydrogens (primary N) is 1. The van der Waals surface area contributed by atoms with Crippen LogP contribution in [0, 0.1) is 11.3 Å². The molecule has 0 bridgehead atoms. The predicted molar refractivity (Wildman–Crippen MR) is 110 cm³/mol. The number of hydrogen-bond donors (Lipinski definition) is 1. The van der Waals surface area contributed by atoms with E-state index in [1.54, 1.807) is 18.3 Å². The van der Waals surface area contributed by atoms with Crippen molar-refractivity contribution >= 4 is 16.8 Å². The largest absolute Gasteiger partial charge is 0.490 e. The maximum atomic E-state index is 12.4. The number of hydrogen-bond acceptors (Lipinski definition) is 4. The Labute approximate surface area is 169 Å². The number of carbonyl (C=O) groups excluding carboxylic acids is 1. The summed E-state index contributed by atoms with van der Waals surface area (Å²) in [7, 11) is 0. The van der Waals surface area contributed by atoms with Gasteiger partial charge in [-0.3, -0.25) is 9.78 Å². The lowest BCUT2D eigenvalue weighted by atomic mass is 9.98. The number of aromatic nitrogens is 1. The molecule has 2 aliphatic rings. The third kappa shape index (κ3) is 5.41. The number of nitriles is 1. The summed E-state index contributed by atoms with van der Waals surface area (Å²) in [5.41, 5.74) is 6.53. The van der Waals surface area contributed by atoms with Gasteiger partial charge in [-0.1, -0.05) is 18.6 Å². The minimum atomic E-state index is -0.560. The van der Waals surface area contributed by atoms with Crippen LogP contribution >= 0.6 is 0 Å². The number of ether oxygens (including phenoxy) is 1. The molecule has 0 atom stereocenters. The highest BCUT2D eigenvalue weighted by Gasteiger charge is 2.16. The van der Waals surface area contributed by atoms with Crippen molar-refractivity contribution in [3.05, 3.63) is 59.6 Å². The van der Waals surface area contributed by atoms with Crippen molar-refractivity contribution in [3.8, 4) is 11.8 Å². The zero-order chi connectivity index (χ0) is 20.6. The molecule has 6 heteroatoms. The normalized spacial score (nSPS) is 16.7. The van der Waals surface area contributed by atoms with Crippen LogP contribution in [0.5, 0.6) is 5.75 Å². The van der Waals surface area contributed by atoms with Gasteiger partial charge < -0.3 is 10.5 Å². The Morgan fingerprint density at radius 1 is 1.24 bits per heavy atom. The van der Waals surface area contributed by atoms with Crippen LogP contribution in [0.25, 0.3) is 10.9 Å². The molecule has 0 unspecified atom stereocenters. The van der Waals surface area contributed by atoms with Crippen molar-refractivity contribution in [1.29, 1.82) is 5.26 Å². The molecule has 0 radical (unpaired) electrons. The van der Waals surface area contributed by atoms with E-state index in [0.717, 1.165) is 29.5 Å². The van der Waals surface area contributed by atoms with Crippen LogP contribution in [-0.4, -0.2) is 17.0 Å². The van der Waals surface area contributed by atoms with Gasteiger partial charge in [0.2, 0.25) is 5.91 Å². The molecule has 1 aromatic heterocycles. The van der Waals surface area contributed by atoms with Crippen LogP contribution < -0.4 is 10.5 Å². The Bertz CT molecular complexity index is 985. The zero-order valence-corrected chi connectivity index (χ0v) is 16.2. The smallest absolute Gasteiger partial charge is 0.248 e. The molecule has 0 saturated heterocycles. The SMILES string of the molecule is N#Cc1cccc2c(OC3CCCCC3)ccnc12.NC(=O)C1=CCCC(F)=C1. The number of primary amides is 1. The van der Waals surface area contributed by atoms with E-state index >= 15 is 0 Å². The third-order valence-electron chi connectivity index (χ3n) is 5.04. The Hall–Kier alpha value is -3.20. The number of pyridine rings is 1. The number of para-hydroxylation sites is 1. The monoisotopic (exact) mass is 393 g/mol. The van der Waals surface area contributed by atoms with Crippen LogP contribution in [-0.2, 0) is 4.79 Å². The quantitative estimate of drug-likeness (QED) is 0.806. The first kappa shape index (κ1) is 20.5. The summed E-state index contributed by atoms with van der Waals surface area (Å²) in [4.78, 5) is 14.7. The molecular weight excluding hydrogens is 369 g/mol. The van der Waals surface area contributed by atoms with Gasteiger partial charge >= 0.3 is 0 Å². The molecular formula is C23H24FN3O2. The molecule has 2 aliphatic carbocycles. The van der Waals surface area contributed by atoms with Crippen LogP contribution in [0.15, 0.2) is 54.0 Å². The van der Waals surface area contributed by atoms with E-state index in [-0.39, 0.29) is 11.4 Å². The van der Waals surface area contributed by atoms with Gasteiger partial charge in [0.05, 0.1) is 17.2 Å². The van der Waals surface area contributed by atoms with E-state index in [9.17, 15) is 9.18 Å². The number of fused-ring (bicyclic) bond motifs is 1. The summed E-state index contributed by atoms with van der Waals surface area (Å²) in [6.07, 6.45) is 11.9. The van der Waals surface area contributed by atoms with Gasteiger partial charge in [-0.25, -0.2) is 4.39 Å². The summed E-state index contributed by atoms with van der Waals surface area (Å²) in [5, 5.41) is 10.1. The van der Waals surface area contributed by atoms with Crippen molar-refractivity contribution < 1.29 is 13.9 Å². The molecule has 2 N–H and O–H groups in total. The van der Waals surface area contributed by atoms with Gasteiger partial charge in [-0.15, -0.1) is 0 Å². The van der Waals surface area contributed by atoms with Gasteiger partial charge in [0.15, 0.2) is 0 Å². The minimum Gasteiger partial charge on any atom is -0.490 e. The predicted octanol–water partition coefficient (Wildman–Crippen LogP) is 4.86. The van der Waals surface area contributed by atoms with Crippen molar-refractivity contribution in [3.63, 3.8) is 0 Å².